The van der Waals surface area contributed by atoms with Gasteiger partial charge in [0, 0.05) is 0 Å². The van der Waals surface area contributed by atoms with Gasteiger partial charge in [0.15, 0.2) is 0 Å². The second-order valence-electron chi connectivity index (χ2n) is 6.49. The van der Waals surface area contributed by atoms with Crippen molar-refractivity contribution in [3.63, 3.8) is 0 Å². The van der Waals surface area contributed by atoms with Gasteiger partial charge in [-0.25, -0.2) is 0 Å². The Kier molecular flexibility index (Phi) is 7.26. The largest absolute Gasteiger partial charge is 0.296 e. The van der Waals surface area contributed by atoms with Gasteiger partial charge in [0.1, 0.15) is 0 Å². The summed E-state index contributed by atoms with van der Waals surface area (Å²) in [5, 5.41) is 0. The first-order chi connectivity index (χ1) is 9.71. The van der Waals surface area contributed by atoms with Gasteiger partial charge < -0.3 is 0 Å². The molecular formula is C12H22Cl6Si3. The predicted molar refractivity (Wildman–Crippen MR) is 106 cm³/mol. The van der Waals surface area contributed by atoms with E-state index in [4.69, 9.17) is 66.5 Å². The van der Waals surface area contributed by atoms with Gasteiger partial charge in [-0.2, -0.15) is 0 Å². The van der Waals surface area contributed by atoms with Crippen LogP contribution in [0.5, 0.6) is 0 Å². The van der Waals surface area contributed by atoms with E-state index in [9.17, 15) is 0 Å². The summed E-state index contributed by atoms with van der Waals surface area (Å²) in [6, 6.07) is 0. The molecule has 0 amide bonds. The molecule has 0 saturated heterocycles. The van der Waals surface area contributed by atoms with Crippen LogP contribution in [0.3, 0.4) is 0 Å². The molecule has 0 atom stereocenters. The molecule has 0 nitrogen and oxygen atoms in total. The summed E-state index contributed by atoms with van der Waals surface area (Å²) in [4.78, 5) is 0. The van der Waals surface area contributed by atoms with Crippen LogP contribution in [0.15, 0.2) is 0 Å². The Morgan fingerprint density at radius 2 is 0.762 bits per heavy atom. The molecule has 2 rings (SSSR count). The third-order valence-corrected chi connectivity index (χ3v) is 61.8. The first-order valence-electron chi connectivity index (χ1n) is 7.84. The quantitative estimate of drug-likeness (QED) is 0.298. The van der Waals surface area contributed by atoms with E-state index in [1.807, 2.05) is 0 Å². The SMILES string of the molecule is Cl[Si](Cl)(C1CCCCC1)[Si](Cl)(Cl)[Si](Cl)(Cl)C1CCCCC1. The molecule has 2 fully saturated rings. The molecule has 0 radical (unpaired) electrons. The van der Waals surface area contributed by atoms with E-state index in [2.05, 4.69) is 0 Å². The van der Waals surface area contributed by atoms with Crippen LogP contribution >= 0.6 is 66.5 Å². The highest BCUT2D eigenvalue weighted by Crippen LogP contribution is 2.58. The lowest BCUT2D eigenvalue weighted by molar-refractivity contribution is 0.498. The van der Waals surface area contributed by atoms with Gasteiger partial charge in [-0.05, 0) is 11.1 Å². The zero-order valence-corrected chi connectivity index (χ0v) is 19.5. The summed E-state index contributed by atoms with van der Waals surface area (Å²) < 4.78 is 0. The van der Waals surface area contributed by atoms with Crippen LogP contribution in [-0.4, -0.2) is 18.2 Å². The highest BCUT2D eigenvalue weighted by atomic mass is 35.8. The minimum atomic E-state index is -3.05. The van der Waals surface area contributed by atoms with Gasteiger partial charge in [0.05, 0.1) is 0 Å². The third kappa shape index (κ3) is 3.98. The van der Waals surface area contributed by atoms with E-state index < -0.39 is 18.2 Å². The number of hydrogen-bond acceptors (Lipinski definition) is 0. The zero-order chi connectivity index (χ0) is 15.7. The maximum atomic E-state index is 6.89. The van der Waals surface area contributed by atoms with Crippen molar-refractivity contribution < 1.29 is 0 Å². The van der Waals surface area contributed by atoms with Crippen molar-refractivity contribution in [2.75, 3.05) is 0 Å². The lowest BCUT2D eigenvalue weighted by Gasteiger charge is -2.44. The fraction of sp³-hybridized carbons (Fsp3) is 1.00. The van der Waals surface area contributed by atoms with E-state index in [0.29, 0.717) is 0 Å². The Labute approximate surface area is 159 Å². The van der Waals surface area contributed by atoms with Crippen molar-refractivity contribution in [1.29, 1.82) is 0 Å². The van der Waals surface area contributed by atoms with Crippen LogP contribution in [-0.2, 0) is 0 Å². The molecule has 0 aromatic carbocycles. The summed E-state index contributed by atoms with van der Waals surface area (Å²) >= 11 is 41.3. The highest BCUT2D eigenvalue weighted by Gasteiger charge is 2.71. The fourth-order valence-electron chi connectivity index (χ4n) is 3.67. The molecular weight excluding hydrogens is 441 g/mol. The molecule has 0 unspecified atom stereocenters. The molecule has 0 bridgehead atoms. The molecule has 0 aliphatic heterocycles. The van der Waals surface area contributed by atoms with Crippen LogP contribution in [0, 0.1) is 0 Å². The Hall–Kier alpha value is 2.39. The van der Waals surface area contributed by atoms with Crippen molar-refractivity contribution in [2.24, 2.45) is 0 Å². The van der Waals surface area contributed by atoms with Crippen molar-refractivity contribution in [3.05, 3.63) is 0 Å². The van der Waals surface area contributed by atoms with Crippen molar-refractivity contribution in [2.45, 2.75) is 75.3 Å². The molecule has 124 valence electrons. The van der Waals surface area contributed by atoms with Gasteiger partial charge in [-0.1, -0.05) is 64.2 Å². The van der Waals surface area contributed by atoms with Gasteiger partial charge in [-0.15, -0.1) is 66.5 Å². The van der Waals surface area contributed by atoms with E-state index in [1.165, 1.54) is 38.5 Å². The molecule has 2 aliphatic rings. The first kappa shape index (κ1) is 19.7. The lowest BCUT2D eigenvalue weighted by Crippen LogP contribution is -2.66. The Bertz CT molecular complexity index is 319. The lowest BCUT2D eigenvalue weighted by atomic mass is 10.0. The minimum Gasteiger partial charge on any atom is -0.147 e. The van der Waals surface area contributed by atoms with Gasteiger partial charge in [0.25, 0.3) is 18.2 Å². The van der Waals surface area contributed by atoms with E-state index in [-0.39, 0.29) is 11.1 Å². The van der Waals surface area contributed by atoms with Crippen molar-refractivity contribution in [1.82, 2.24) is 0 Å². The normalized spacial score (nSPS) is 24.3. The molecule has 2 aliphatic carbocycles. The number of rotatable bonds is 4. The summed E-state index contributed by atoms with van der Waals surface area (Å²) in [6.07, 6.45) is 5.64. The van der Waals surface area contributed by atoms with Crippen LogP contribution in [0.2, 0.25) is 11.1 Å². The van der Waals surface area contributed by atoms with E-state index in [0.717, 1.165) is 25.7 Å². The van der Waals surface area contributed by atoms with Crippen LogP contribution in [0.4, 0.5) is 0 Å². The number of hydrogen-bond donors (Lipinski definition) is 0. The molecule has 0 aromatic heterocycles. The third-order valence-electron chi connectivity index (χ3n) is 5.07. The van der Waals surface area contributed by atoms with Crippen LogP contribution < -0.4 is 0 Å². The monoisotopic (exact) mass is 460 g/mol. The molecule has 21 heavy (non-hydrogen) atoms. The zero-order valence-electron chi connectivity index (χ0n) is 12.0. The standard InChI is InChI=1S/C12H22Cl6Si3/c13-19(14,11-7-3-1-4-8-11)21(17,18)20(15,16)12-9-5-2-6-10-12/h11-12H,1-10H2. The van der Waals surface area contributed by atoms with Gasteiger partial charge in [-0.3, -0.25) is 0 Å². The Morgan fingerprint density at radius 1 is 0.476 bits per heavy atom. The average molecular weight is 463 g/mol. The maximum absolute atomic E-state index is 6.89. The molecule has 0 heterocycles. The predicted octanol–water partition coefficient (Wildman–Crippen LogP) is 7.57. The summed E-state index contributed by atoms with van der Waals surface area (Å²) in [5.41, 5.74) is -2.51. The Balaban J connectivity index is 2.20. The van der Waals surface area contributed by atoms with Gasteiger partial charge >= 0.3 is 0 Å². The van der Waals surface area contributed by atoms with Gasteiger partial charge in [0.2, 0.25) is 0 Å². The maximum Gasteiger partial charge on any atom is 0.296 e. The van der Waals surface area contributed by atoms with Crippen molar-refractivity contribution in [3.8, 4) is 0 Å². The second-order valence-corrected chi connectivity index (χ2v) is 42.4. The van der Waals surface area contributed by atoms with Crippen LogP contribution in [0.1, 0.15) is 64.2 Å². The highest BCUT2D eigenvalue weighted by molar-refractivity contribution is 8.15. The second kappa shape index (κ2) is 7.74. The molecule has 2 saturated carbocycles. The minimum absolute atomic E-state index is 0.268. The van der Waals surface area contributed by atoms with E-state index in [1.54, 1.807) is 0 Å². The molecule has 0 aromatic rings. The van der Waals surface area contributed by atoms with Crippen molar-refractivity contribution >= 4 is 84.6 Å². The van der Waals surface area contributed by atoms with E-state index >= 15 is 0 Å². The topological polar surface area (TPSA) is 0 Å². The first-order valence-corrected chi connectivity index (χ1v) is 22.1. The average Bonchev–Trinajstić information content (AvgIpc) is 2.48. The fourth-order valence-corrected chi connectivity index (χ4v) is 50.7. The molecule has 0 spiro atoms. The summed E-state index contributed by atoms with van der Waals surface area (Å²) in [7, 11) is 0. The van der Waals surface area contributed by atoms with Crippen LogP contribution in [0.25, 0.3) is 0 Å². The number of halogens is 6. The summed E-state index contributed by atoms with van der Waals surface area (Å²) in [6.45, 7) is 0. The molecule has 9 heteroatoms. The Morgan fingerprint density at radius 3 is 1.05 bits per heavy atom. The molecule has 0 N–H and O–H groups in total. The smallest absolute Gasteiger partial charge is 0.147 e. The summed E-state index contributed by atoms with van der Waals surface area (Å²) in [5.74, 6) is 0.